The van der Waals surface area contributed by atoms with Crippen LogP contribution in [0.15, 0.2) is 5.57 Å². The number of piperazine rings is 1. The lowest BCUT2D eigenvalue weighted by Gasteiger charge is -2.50. The van der Waals surface area contributed by atoms with Gasteiger partial charge in [-0.1, -0.05) is 0 Å². The van der Waals surface area contributed by atoms with E-state index in [1.54, 1.807) is 58.3 Å². The molecular weight excluding hydrogens is 498 g/mol. The molecule has 1 saturated heterocycles. The molecule has 2 amide bonds. The van der Waals surface area contributed by atoms with E-state index < -0.39 is 41.4 Å². The second-order valence-corrected chi connectivity index (χ2v) is 12.3. The fourth-order valence-corrected chi connectivity index (χ4v) is 5.65. The lowest BCUT2D eigenvalue weighted by molar-refractivity contribution is -0.140. The van der Waals surface area contributed by atoms with Crippen LogP contribution in [0.25, 0.3) is 5.57 Å². The van der Waals surface area contributed by atoms with E-state index >= 15 is 0 Å². The molecule has 11 heteroatoms. The predicted octanol–water partition coefficient (Wildman–Crippen LogP) is 3.93. The number of carbonyl (C=O) groups excluding carboxylic acids is 3. The Balaban J connectivity index is 2.13. The van der Waals surface area contributed by atoms with Crippen LogP contribution in [0.5, 0.6) is 0 Å². The molecule has 2 unspecified atom stereocenters. The lowest BCUT2D eigenvalue weighted by Crippen LogP contribution is -2.65. The number of aromatic nitrogens is 1. The van der Waals surface area contributed by atoms with E-state index in [4.69, 9.17) is 19.2 Å². The van der Waals surface area contributed by atoms with Crippen LogP contribution in [0, 0.1) is 6.92 Å². The van der Waals surface area contributed by atoms with E-state index in [0.29, 0.717) is 22.6 Å². The number of aryl methyl sites for hydroxylation is 1. The van der Waals surface area contributed by atoms with E-state index in [-0.39, 0.29) is 32.7 Å². The van der Waals surface area contributed by atoms with Crippen molar-refractivity contribution in [1.29, 1.82) is 0 Å². The summed E-state index contributed by atoms with van der Waals surface area (Å²) in [4.78, 5) is 48.6. The topological polar surface area (TPSA) is 119 Å². The molecule has 0 aliphatic carbocycles. The van der Waals surface area contributed by atoms with Gasteiger partial charge in [0, 0.05) is 36.6 Å². The molecule has 1 N–H and O–H groups in total. The summed E-state index contributed by atoms with van der Waals surface area (Å²) in [7, 11) is 0. The van der Waals surface area contributed by atoms with Crippen LogP contribution in [0.4, 0.5) is 9.59 Å². The maximum Gasteiger partial charge on any atom is 0.411 e. The number of fused-ring (bicyclic) bond motifs is 2. The molecule has 0 aromatic carbocycles. The summed E-state index contributed by atoms with van der Waals surface area (Å²) in [5, 5.41) is 10.1. The van der Waals surface area contributed by atoms with Crippen molar-refractivity contribution in [1.82, 2.24) is 14.8 Å². The number of amides is 2. The monoisotopic (exact) mass is 537 g/mol. The van der Waals surface area contributed by atoms with E-state index in [1.807, 2.05) is 6.92 Å². The molecule has 1 fully saturated rings. The molecule has 3 heterocycles. The smallest absolute Gasteiger partial charge is 0.411 e. The van der Waals surface area contributed by atoms with Crippen LogP contribution < -0.4 is 0 Å². The summed E-state index contributed by atoms with van der Waals surface area (Å²) in [6, 6.07) is -1.26. The molecule has 1 aromatic heterocycles. The minimum Gasteiger partial charge on any atom is -0.463 e. The van der Waals surface area contributed by atoms with Crippen LogP contribution >= 0.6 is 11.3 Å². The van der Waals surface area contributed by atoms with Gasteiger partial charge in [-0.2, -0.15) is 0 Å². The summed E-state index contributed by atoms with van der Waals surface area (Å²) in [5.41, 5.74) is 0.354. The number of aliphatic hydroxyl groups is 1. The van der Waals surface area contributed by atoms with Gasteiger partial charge >= 0.3 is 18.2 Å². The Bertz CT molecular complexity index is 1070. The molecule has 2 atom stereocenters. The predicted molar refractivity (Wildman–Crippen MR) is 139 cm³/mol. The average molecular weight is 538 g/mol. The summed E-state index contributed by atoms with van der Waals surface area (Å²) < 4.78 is 16.8. The zero-order valence-electron chi connectivity index (χ0n) is 23.0. The highest BCUT2D eigenvalue weighted by Crippen LogP contribution is 2.41. The third kappa shape index (κ3) is 6.81. The molecule has 10 nitrogen and oxygen atoms in total. The highest BCUT2D eigenvalue weighted by Gasteiger charge is 2.50. The molecule has 2 aliphatic heterocycles. The first kappa shape index (κ1) is 28.9. The maximum atomic E-state index is 13.4. The van der Waals surface area contributed by atoms with Gasteiger partial charge in [-0.15, -0.1) is 11.3 Å². The molecular formula is C26H39N3O7S. The number of hydrogen-bond donors (Lipinski definition) is 1. The van der Waals surface area contributed by atoms with E-state index in [2.05, 4.69) is 0 Å². The van der Waals surface area contributed by atoms with Gasteiger partial charge < -0.3 is 24.2 Å². The SMILES string of the molecule is CCOC(=O)C1=C(c2nc(C)c(CCO)s2)CC2CN(C(=O)OC(C)(C)C)CC1N2C(=O)OC(C)(C)C. The summed E-state index contributed by atoms with van der Waals surface area (Å²) in [6.45, 7) is 14.7. The number of aliphatic hydroxyl groups excluding tert-OH is 1. The Morgan fingerprint density at radius 2 is 1.68 bits per heavy atom. The molecule has 0 spiro atoms. The number of ether oxygens (including phenoxy) is 3. The number of nitrogens with zero attached hydrogens (tertiary/aromatic N) is 3. The molecule has 3 rings (SSSR count). The molecule has 206 valence electrons. The first-order valence-electron chi connectivity index (χ1n) is 12.6. The van der Waals surface area contributed by atoms with Crippen LogP contribution in [0.2, 0.25) is 0 Å². The Labute approximate surface area is 222 Å². The van der Waals surface area contributed by atoms with E-state index in [0.717, 1.165) is 10.6 Å². The fraction of sp³-hybridized carbons (Fsp3) is 0.692. The van der Waals surface area contributed by atoms with Crippen LogP contribution in [-0.2, 0) is 25.4 Å². The van der Waals surface area contributed by atoms with Crippen LogP contribution in [0.3, 0.4) is 0 Å². The van der Waals surface area contributed by atoms with Crippen molar-refractivity contribution in [2.75, 3.05) is 26.3 Å². The minimum absolute atomic E-state index is 0.00518. The fourth-order valence-electron chi connectivity index (χ4n) is 4.54. The molecule has 0 saturated carbocycles. The first-order chi connectivity index (χ1) is 17.1. The molecule has 2 aliphatic rings. The number of rotatable bonds is 5. The number of carbonyl (C=O) groups is 3. The van der Waals surface area contributed by atoms with Gasteiger partial charge in [0.25, 0.3) is 0 Å². The summed E-state index contributed by atoms with van der Waals surface area (Å²) in [6.07, 6.45) is -0.305. The second kappa shape index (κ2) is 11.0. The van der Waals surface area contributed by atoms with Gasteiger partial charge in [-0.3, -0.25) is 4.90 Å². The molecule has 0 radical (unpaired) electrons. The molecule has 2 bridgehead atoms. The maximum absolute atomic E-state index is 13.4. The van der Waals surface area contributed by atoms with Crippen molar-refractivity contribution in [3.05, 3.63) is 21.2 Å². The lowest BCUT2D eigenvalue weighted by atomic mass is 9.85. The highest BCUT2D eigenvalue weighted by molar-refractivity contribution is 7.12. The van der Waals surface area contributed by atoms with Crippen molar-refractivity contribution >= 4 is 35.1 Å². The Kier molecular flexibility index (Phi) is 8.58. The minimum atomic E-state index is -0.797. The average Bonchev–Trinajstić information content (AvgIpc) is 3.10. The molecule has 1 aromatic rings. The quantitative estimate of drug-likeness (QED) is 0.443. The van der Waals surface area contributed by atoms with Gasteiger partial charge in [0.05, 0.1) is 30.0 Å². The van der Waals surface area contributed by atoms with E-state index in [1.165, 1.54) is 11.3 Å². The Hall–Kier alpha value is -2.66. The normalized spacial score (nSPS) is 20.1. The van der Waals surface area contributed by atoms with Crippen molar-refractivity contribution < 1.29 is 33.7 Å². The number of hydrogen-bond acceptors (Lipinski definition) is 9. The van der Waals surface area contributed by atoms with Crippen LogP contribution in [-0.4, -0.2) is 87.6 Å². The van der Waals surface area contributed by atoms with Gasteiger partial charge in [0.15, 0.2) is 0 Å². The first-order valence-corrected chi connectivity index (χ1v) is 13.4. The standard InChI is InChI=1S/C26H39N3O7S/c1-9-34-22(31)20-17(21-27-15(2)19(37-21)10-11-30)12-16-13-28(23(32)35-25(3,4)5)14-18(20)29(16)24(33)36-26(6,7)8/h16,18,30H,9-14H2,1-8H3. The zero-order chi connectivity index (χ0) is 27.7. The number of thiazole rings is 1. The van der Waals surface area contributed by atoms with Crippen molar-refractivity contribution in [2.45, 2.75) is 91.5 Å². The van der Waals surface area contributed by atoms with Crippen molar-refractivity contribution in [3.8, 4) is 0 Å². The van der Waals surface area contributed by atoms with Crippen LogP contribution in [0.1, 0.15) is 70.5 Å². The third-order valence-electron chi connectivity index (χ3n) is 5.89. The zero-order valence-corrected chi connectivity index (χ0v) is 23.9. The highest BCUT2D eigenvalue weighted by atomic mass is 32.1. The summed E-state index contributed by atoms with van der Waals surface area (Å²) in [5.74, 6) is -0.558. The van der Waals surface area contributed by atoms with Gasteiger partial charge in [0.1, 0.15) is 16.2 Å². The van der Waals surface area contributed by atoms with Crippen molar-refractivity contribution in [2.24, 2.45) is 0 Å². The van der Waals surface area contributed by atoms with E-state index in [9.17, 15) is 19.5 Å². The van der Waals surface area contributed by atoms with Gasteiger partial charge in [-0.05, 0) is 61.8 Å². The number of esters is 1. The van der Waals surface area contributed by atoms with Gasteiger partial charge in [0.2, 0.25) is 0 Å². The summed E-state index contributed by atoms with van der Waals surface area (Å²) >= 11 is 1.43. The third-order valence-corrected chi connectivity index (χ3v) is 7.17. The second-order valence-electron chi connectivity index (χ2n) is 11.3. The Morgan fingerprint density at radius 1 is 1.05 bits per heavy atom. The molecule has 37 heavy (non-hydrogen) atoms. The Morgan fingerprint density at radius 3 is 2.24 bits per heavy atom. The van der Waals surface area contributed by atoms with Crippen molar-refractivity contribution in [3.63, 3.8) is 0 Å². The van der Waals surface area contributed by atoms with Gasteiger partial charge in [-0.25, -0.2) is 19.4 Å². The largest absolute Gasteiger partial charge is 0.463 e.